The Hall–Kier alpha value is -0.610. The molecule has 0 saturated heterocycles. The molecule has 0 aliphatic heterocycles. The Morgan fingerprint density at radius 1 is 1.07 bits per heavy atom. The molecule has 0 fully saturated rings. The molecule has 4 nitrogen and oxygen atoms in total. The van der Waals surface area contributed by atoms with E-state index in [9.17, 15) is 4.79 Å². The van der Waals surface area contributed by atoms with Gasteiger partial charge in [-0.3, -0.25) is 4.79 Å². The summed E-state index contributed by atoms with van der Waals surface area (Å²) in [7, 11) is 0. The van der Waals surface area contributed by atoms with Gasteiger partial charge >= 0.3 is 0 Å². The van der Waals surface area contributed by atoms with Crippen molar-refractivity contribution in [2.24, 2.45) is 17.4 Å². The van der Waals surface area contributed by atoms with Crippen LogP contribution in [0.1, 0.15) is 41.5 Å². The Morgan fingerprint density at radius 2 is 1.40 bits per heavy atom. The summed E-state index contributed by atoms with van der Waals surface area (Å²) in [5.41, 5.74) is 11.0. The zero-order valence-corrected chi connectivity index (χ0v) is 10.7. The van der Waals surface area contributed by atoms with E-state index in [0.717, 1.165) is 0 Å². The van der Waals surface area contributed by atoms with Crippen LogP contribution in [0.2, 0.25) is 0 Å². The second-order valence-electron chi connectivity index (χ2n) is 5.74. The molecule has 0 rings (SSSR count). The van der Waals surface area contributed by atoms with Crippen LogP contribution in [0.3, 0.4) is 0 Å². The number of amides is 1. The lowest BCUT2D eigenvalue weighted by Crippen LogP contribution is -2.67. The van der Waals surface area contributed by atoms with Crippen LogP contribution >= 0.6 is 0 Å². The Balaban J connectivity index is 4.77. The van der Waals surface area contributed by atoms with Gasteiger partial charge in [0.25, 0.3) is 0 Å². The van der Waals surface area contributed by atoms with Gasteiger partial charge in [0.05, 0.1) is 6.04 Å². The van der Waals surface area contributed by atoms with E-state index in [1.54, 1.807) is 0 Å². The molecule has 0 heterocycles. The van der Waals surface area contributed by atoms with Crippen LogP contribution in [0.15, 0.2) is 0 Å². The Labute approximate surface area is 92.8 Å². The first kappa shape index (κ1) is 14.4. The first-order chi connectivity index (χ1) is 6.46. The first-order valence-electron chi connectivity index (χ1n) is 5.34. The average molecular weight is 215 g/mol. The molecule has 0 radical (unpaired) electrons. The van der Waals surface area contributed by atoms with Crippen LogP contribution < -0.4 is 16.8 Å². The summed E-state index contributed by atoms with van der Waals surface area (Å²) in [6.45, 7) is 11.2. The van der Waals surface area contributed by atoms with E-state index < -0.39 is 11.1 Å². The van der Waals surface area contributed by atoms with Gasteiger partial charge in [-0.15, -0.1) is 0 Å². The van der Waals surface area contributed by atoms with Gasteiger partial charge in [0.15, 0.2) is 0 Å². The molecule has 15 heavy (non-hydrogen) atoms. The summed E-state index contributed by atoms with van der Waals surface area (Å²) in [6, 6.07) is -0.250. The smallest absolute Gasteiger partial charge is 0.222 e. The van der Waals surface area contributed by atoms with Gasteiger partial charge in [-0.1, -0.05) is 13.8 Å². The number of nitrogens with two attached hydrogens (primary N) is 2. The lowest BCUT2D eigenvalue weighted by molar-refractivity contribution is -0.125. The van der Waals surface area contributed by atoms with Gasteiger partial charge in [0.2, 0.25) is 5.91 Å². The molecule has 90 valence electrons. The average Bonchev–Trinajstić information content (AvgIpc) is 1.94. The largest absolute Gasteiger partial charge is 0.349 e. The highest BCUT2D eigenvalue weighted by Crippen LogP contribution is 2.17. The second kappa shape index (κ2) is 4.49. The zero-order chi connectivity index (χ0) is 12.4. The molecule has 0 spiro atoms. The highest BCUT2D eigenvalue weighted by molar-refractivity contribution is 5.78. The van der Waals surface area contributed by atoms with Gasteiger partial charge in [-0.25, -0.2) is 0 Å². The minimum Gasteiger partial charge on any atom is -0.349 e. The van der Waals surface area contributed by atoms with Crippen LogP contribution in [-0.4, -0.2) is 23.0 Å². The maximum atomic E-state index is 11.6. The predicted octanol–water partition coefficient (Wildman–Crippen LogP) is 0.602. The van der Waals surface area contributed by atoms with E-state index in [4.69, 9.17) is 11.5 Å². The molecular weight excluding hydrogens is 190 g/mol. The number of carbonyl (C=O) groups is 1. The number of rotatable bonds is 4. The van der Waals surface area contributed by atoms with Crippen molar-refractivity contribution in [2.45, 2.75) is 58.7 Å². The molecule has 0 unspecified atom stereocenters. The van der Waals surface area contributed by atoms with Crippen molar-refractivity contribution in [2.75, 3.05) is 0 Å². The highest BCUT2D eigenvalue weighted by Gasteiger charge is 2.37. The topological polar surface area (TPSA) is 81.1 Å². The van der Waals surface area contributed by atoms with E-state index in [-0.39, 0.29) is 17.9 Å². The molecule has 0 aromatic heterocycles. The summed E-state index contributed by atoms with van der Waals surface area (Å²) >= 11 is 0. The number of hydrogen-bond donors (Lipinski definition) is 3. The molecular formula is C11H25N3O. The van der Waals surface area contributed by atoms with E-state index in [1.165, 1.54) is 0 Å². The van der Waals surface area contributed by atoms with Gasteiger partial charge in [-0.05, 0) is 27.7 Å². The van der Waals surface area contributed by atoms with E-state index in [0.29, 0.717) is 0 Å². The van der Waals surface area contributed by atoms with Crippen LogP contribution in [0.4, 0.5) is 0 Å². The van der Waals surface area contributed by atoms with Crippen LogP contribution in [0.25, 0.3) is 0 Å². The molecule has 0 aliphatic rings. The molecule has 5 N–H and O–H groups in total. The third kappa shape index (κ3) is 4.62. The number of nitrogens with one attached hydrogen (secondary N) is 1. The molecule has 0 atom stereocenters. The summed E-state index contributed by atoms with van der Waals surface area (Å²) in [6.07, 6.45) is 0. The predicted molar refractivity (Wildman–Crippen MR) is 63.3 cm³/mol. The lowest BCUT2D eigenvalue weighted by atomic mass is 9.82. The van der Waals surface area contributed by atoms with Crippen molar-refractivity contribution in [1.29, 1.82) is 0 Å². The fourth-order valence-electron chi connectivity index (χ4n) is 1.64. The van der Waals surface area contributed by atoms with Crippen molar-refractivity contribution in [3.63, 3.8) is 0 Å². The van der Waals surface area contributed by atoms with Crippen LogP contribution in [0, 0.1) is 5.92 Å². The first-order valence-corrected chi connectivity index (χ1v) is 5.34. The summed E-state index contributed by atoms with van der Waals surface area (Å²) in [4.78, 5) is 11.6. The highest BCUT2D eigenvalue weighted by atomic mass is 16.1. The van der Waals surface area contributed by atoms with Crippen molar-refractivity contribution < 1.29 is 4.79 Å². The second-order valence-corrected chi connectivity index (χ2v) is 5.74. The van der Waals surface area contributed by atoms with Crippen LogP contribution in [0.5, 0.6) is 0 Å². The molecule has 4 heteroatoms. The SMILES string of the molecule is CC(C)C(=O)NC(C(C)(C)N)C(C)(C)N. The summed E-state index contributed by atoms with van der Waals surface area (Å²) < 4.78 is 0. The van der Waals surface area contributed by atoms with Crippen molar-refractivity contribution in [3.05, 3.63) is 0 Å². The van der Waals surface area contributed by atoms with Crippen molar-refractivity contribution in [1.82, 2.24) is 5.32 Å². The molecule has 0 aliphatic carbocycles. The fourth-order valence-corrected chi connectivity index (χ4v) is 1.64. The van der Waals surface area contributed by atoms with Gasteiger partial charge in [0, 0.05) is 17.0 Å². The summed E-state index contributed by atoms with van der Waals surface area (Å²) in [5.74, 6) is -0.0748. The molecule has 0 bridgehead atoms. The maximum Gasteiger partial charge on any atom is 0.222 e. The third-order valence-corrected chi connectivity index (χ3v) is 2.30. The molecule has 0 aromatic carbocycles. The normalized spacial score (nSPS) is 13.5. The van der Waals surface area contributed by atoms with Gasteiger partial charge < -0.3 is 16.8 Å². The van der Waals surface area contributed by atoms with E-state index in [1.807, 2.05) is 41.5 Å². The number of carbonyl (C=O) groups excluding carboxylic acids is 1. The molecule has 0 aromatic rings. The van der Waals surface area contributed by atoms with Gasteiger partial charge in [-0.2, -0.15) is 0 Å². The zero-order valence-electron chi connectivity index (χ0n) is 10.7. The van der Waals surface area contributed by atoms with Crippen LogP contribution in [-0.2, 0) is 4.79 Å². The number of hydrogen-bond acceptors (Lipinski definition) is 3. The minimum atomic E-state index is -0.539. The van der Waals surface area contributed by atoms with E-state index >= 15 is 0 Å². The van der Waals surface area contributed by atoms with Crippen molar-refractivity contribution >= 4 is 5.91 Å². The lowest BCUT2D eigenvalue weighted by Gasteiger charge is -2.40. The maximum absolute atomic E-state index is 11.6. The Morgan fingerprint density at radius 3 is 1.60 bits per heavy atom. The standard InChI is InChI=1S/C11H25N3O/c1-7(2)8(15)14-9(10(3,4)12)11(5,6)13/h7,9H,12-13H2,1-6H3,(H,14,15). The minimum absolute atomic E-state index is 0.0166. The van der Waals surface area contributed by atoms with Crippen molar-refractivity contribution in [3.8, 4) is 0 Å². The van der Waals surface area contributed by atoms with E-state index in [2.05, 4.69) is 5.32 Å². The third-order valence-electron chi connectivity index (χ3n) is 2.30. The van der Waals surface area contributed by atoms with Gasteiger partial charge in [0.1, 0.15) is 0 Å². The molecule has 0 saturated carbocycles. The summed E-state index contributed by atoms with van der Waals surface area (Å²) in [5, 5.41) is 2.91. The monoisotopic (exact) mass is 215 g/mol. The molecule has 1 amide bonds. The Bertz CT molecular complexity index is 209. The Kier molecular flexibility index (Phi) is 4.31. The quantitative estimate of drug-likeness (QED) is 0.642. The fraction of sp³-hybridized carbons (Fsp3) is 0.909.